The highest BCUT2D eigenvalue weighted by molar-refractivity contribution is 6.00. The van der Waals surface area contributed by atoms with Gasteiger partial charge in [0.1, 0.15) is 0 Å². The third kappa shape index (κ3) is 1.84. The van der Waals surface area contributed by atoms with E-state index in [1.54, 1.807) is 6.20 Å². The first-order chi connectivity index (χ1) is 8.75. The number of nitrogens with zero attached hydrogens (tertiary/aromatic N) is 1. The van der Waals surface area contributed by atoms with Crippen LogP contribution in [-0.4, -0.2) is 10.8 Å². The molecule has 0 N–H and O–H groups in total. The summed E-state index contributed by atoms with van der Waals surface area (Å²) in [5.74, 6) is 0.510. The van der Waals surface area contributed by atoms with Crippen LogP contribution in [0, 0.1) is 6.92 Å². The minimum Gasteiger partial charge on any atom is -0.294 e. The van der Waals surface area contributed by atoms with Crippen LogP contribution in [0.15, 0.2) is 42.6 Å². The van der Waals surface area contributed by atoms with Crippen molar-refractivity contribution in [1.29, 1.82) is 0 Å². The molecule has 0 fully saturated rings. The maximum Gasteiger partial charge on any atom is 0.165 e. The fourth-order valence-electron chi connectivity index (χ4n) is 2.74. The molecule has 1 aromatic heterocycles. The Morgan fingerprint density at radius 2 is 1.89 bits per heavy atom. The molecule has 0 bridgehead atoms. The quantitative estimate of drug-likeness (QED) is 0.761. The third-order valence-corrected chi connectivity index (χ3v) is 3.66. The van der Waals surface area contributed by atoms with Gasteiger partial charge in [-0.1, -0.05) is 30.3 Å². The number of fused-ring (bicyclic) bond motifs is 1. The van der Waals surface area contributed by atoms with Crippen molar-refractivity contribution in [3.05, 3.63) is 65.0 Å². The van der Waals surface area contributed by atoms with Crippen LogP contribution in [0.2, 0.25) is 0 Å². The molecule has 0 spiro atoms. The highest BCUT2D eigenvalue weighted by Gasteiger charge is 2.28. The molecular formula is C16H15NO. The lowest BCUT2D eigenvalue weighted by atomic mass is 9.80. The Morgan fingerprint density at radius 3 is 2.67 bits per heavy atom. The topological polar surface area (TPSA) is 30.0 Å². The summed E-state index contributed by atoms with van der Waals surface area (Å²) in [6.45, 7) is 1.99. The number of aromatic nitrogens is 1. The molecule has 0 saturated carbocycles. The minimum atomic E-state index is 0.232. The number of benzene rings is 1. The average Bonchev–Trinajstić information content (AvgIpc) is 2.39. The predicted molar refractivity (Wildman–Crippen MR) is 70.8 cm³/mol. The summed E-state index contributed by atoms with van der Waals surface area (Å²) in [6, 6.07) is 12.2. The maximum absolute atomic E-state index is 12.3. The zero-order chi connectivity index (χ0) is 12.5. The number of aryl methyl sites for hydroxylation is 1. The molecule has 90 valence electrons. The van der Waals surface area contributed by atoms with Gasteiger partial charge in [-0.3, -0.25) is 9.78 Å². The van der Waals surface area contributed by atoms with E-state index < -0.39 is 0 Å². The lowest BCUT2D eigenvalue weighted by Gasteiger charge is -2.24. The van der Waals surface area contributed by atoms with Crippen LogP contribution < -0.4 is 0 Å². The van der Waals surface area contributed by atoms with Gasteiger partial charge in [0, 0.05) is 18.2 Å². The van der Waals surface area contributed by atoms with Gasteiger partial charge in [-0.2, -0.15) is 0 Å². The van der Waals surface area contributed by atoms with Gasteiger partial charge in [0.15, 0.2) is 5.78 Å². The second kappa shape index (κ2) is 4.37. The number of rotatable bonds is 1. The van der Waals surface area contributed by atoms with E-state index in [4.69, 9.17) is 0 Å². The average molecular weight is 237 g/mol. The highest BCUT2D eigenvalue weighted by Crippen LogP contribution is 2.32. The first-order valence-electron chi connectivity index (χ1n) is 6.28. The predicted octanol–water partition coefficient (Wildman–Crippen LogP) is 3.30. The molecule has 18 heavy (non-hydrogen) atoms. The van der Waals surface area contributed by atoms with E-state index in [1.807, 2.05) is 31.2 Å². The van der Waals surface area contributed by atoms with Crippen molar-refractivity contribution in [2.45, 2.75) is 25.7 Å². The number of carbonyl (C=O) groups excluding carboxylic acids is 1. The molecule has 1 aromatic carbocycles. The molecule has 1 aliphatic rings. The first-order valence-corrected chi connectivity index (χ1v) is 6.28. The molecule has 3 rings (SSSR count). The number of carbonyl (C=O) groups is 1. The Morgan fingerprint density at radius 1 is 1.11 bits per heavy atom. The van der Waals surface area contributed by atoms with Crippen molar-refractivity contribution < 1.29 is 4.79 Å². The van der Waals surface area contributed by atoms with Gasteiger partial charge in [0.05, 0.1) is 5.69 Å². The Kier molecular flexibility index (Phi) is 2.71. The number of hydrogen-bond acceptors (Lipinski definition) is 2. The SMILES string of the molecule is Cc1ccnc2c1C(=O)C[C@@H](c1ccccc1)C2. The Bertz CT molecular complexity index is 589. The fraction of sp³-hybridized carbons (Fsp3) is 0.250. The molecule has 0 unspecified atom stereocenters. The Hall–Kier alpha value is -1.96. The van der Waals surface area contributed by atoms with E-state index in [0.717, 1.165) is 23.2 Å². The molecule has 1 heterocycles. The van der Waals surface area contributed by atoms with Crippen LogP contribution in [0.3, 0.4) is 0 Å². The highest BCUT2D eigenvalue weighted by atomic mass is 16.1. The zero-order valence-corrected chi connectivity index (χ0v) is 10.4. The smallest absolute Gasteiger partial charge is 0.165 e. The van der Waals surface area contributed by atoms with E-state index >= 15 is 0 Å². The standard InChI is InChI=1S/C16H15NO/c1-11-7-8-17-14-9-13(10-15(18)16(11)14)12-5-3-2-4-6-12/h2-8,13H,9-10H2,1H3/t13-/m0/s1. The summed E-state index contributed by atoms with van der Waals surface area (Å²) in [7, 11) is 0. The molecular weight excluding hydrogens is 222 g/mol. The van der Waals surface area contributed by atoms with Crippen LogP contribution in [0.25, 0.3) is 0 Å². The van der Waals surface area contributed by atoms with Gasteiger partial charge in [-0.15, -0.1) is 0 Å². The van der Waals surface area contributed by atoms with Crippen molar-refractivity contribution in [3.8, 4) is 0 Å². The van der Waals surface area contributed by atoms with Crippen LogP contribution >= 0.6 is 0 Å². The van der Waals surface area contributed by atoms with E-state index in [2.05, 4.69) is 17.1 Å². The van der Waals surface area contributed by atoms with Gasteiger partial charge < -0.3 is 0 Å². The second-order valence-electron chi connectivity index (χ2n) is 4.89. The van der Waals surface area contributed by atoms with Gasteiger partial charge in [-0.25, -0.2) is 0 Å². The Labute approximate surface area is 107 Å². The third-order valence-electron chi connectivity index (χ3n) is 3.66. The molecule has 0 saturated heterocycles. The number of ketones is 1. The fourth-order valence-corrected chi connectivity index (χ4v) is 2.74. The van der Waals surface area contributed by atoms with Gasteiger partial charge in [0.25, 0.3) is 0 Å². The molecule has 2 heteroatoms. The summed E-state index contributed by atoms with van der Waals surface area (Å²) in [6.07, 6.45) is 3.27. The van der Waals surface area contributed by atoms with Crippen molar-refractivity contribution in [2.24, 2.45) is 0 Å². The van der Waals surface area contributed by atoms with Crippen molar-refractivity contribution in [3.63, 3.8) is 0 Å². The molecule has 1 aliphatic carbocycles. The van der Waals surface area contributed by atoms with Gasteiger partial charge in [0.2, 0.25) is 0 Å². The summed E-state index contributed by atoms with van der Waals surface area (Å²) in [5, 5.41) is 0. The number of pyridine rings is 1. The summed E-state index contributed by atoms with van der Waals surface area (Å²) in [5.41, 5.74) is 4.10. The maximum atomic E-state index is 12.3. The lowest BCUT2D eigenvalue weighted by Crippen LogP contribution is -2.21. The molecule has 2 aromatic rings. The summed E-state index contributed by atoms with van der Waals surface area (Å²) >= 11 is 0. The minimum absolute atomic E-state index is 0.232. The van der Waals surface area contributed by atoms with Crippen molar-refractivity contribution in [1.82, 2.24) is 4.98 Å². The molecule has 0 aliphatic heterocycles. The van der Waals surface area contributed by atoms with E-state index in [1.165, 1.54) is 5.56 Å². The molecule has 2 nitrogen and oxygen atoms in total. The summed E-state index contributed by atoms with van der Waals surface area (Å²) < 4.78 is 0. The number of Topliss-reactive ketones (excluding diaryl/α,β-unsaturated/α-hetero) is 1. The summed E-state index contributed by atoms with van der Waals surface area (Å²) in [4.78, 5) is 16.6. The lowest BCUT2D eigenvalue weighted by molar-refractivity contribution is 0.0962. The molecule has 0 radical (unpaired) electrons. The normalized spacial score (nSPS) is 18.5. The van der Waals surface area contributed by atoms with E-state index in [0.29, 0.717) is 6.42 Å². The van der Waals surface area contributed by atoms with Gasteiger partial charge in [-0.05, 0) is 36.5 Å². The van der Waals surface area contributed by atoms with Crippen LogP contribution in [-0.2, 0) is 6.42 Å². The van der Waals surface area contributed by atoms with Crippen molar-refractivity contribution >= 4 is 5.78 Å². The van der Waals surface area contributed by atoms with E-state index in [9.17, 15) is 4.79 Å². The molecule has 0 amide bonds. The number of hydrogen-bond donors (Lipinski definition) is 0. The zero-order valence-electron chi connectivity index (χ0n) is 10.4. The monoisotopic (exact) mass is 237 g/mol. The van der Waals surface area contributed by atoms with Crippen molar-refractivity contribution in [2.75, 3.05) is 0 Å². The largest absolute Gasteiger partial charge is 0.294 e. The second-order valence-corrected chi connectivity index (χ2v) is 4.89. The van der Waals surface area contributed by atoms with Crippen LogP contribution in [0.4, 0.5) is 0 Å². The van der Waals surface area contributed by atoms with Crippen LogP contribution in [0.5, 0.6) is 0 Å². The van der Waals surface area contributed by atoms with Gasteiger partial charge >= 0.3 is 0 Å². The Balaban J connectivity index is 2.00. The van der Waals surface area contributed by atoms with E-state index in [-0.39, 0.29) is 11.7 Å². The first kappa shape index (κ1) is 11.1. The van der Waals surface area contributed by atoms with Crippen LogP contribution in [0.1, 0.15) is 39.5 Å². The molecule has 1 atom stereocenters.